The third-order valence-electron chi connectivity index (χ3n) is 4.61. The van der Waals surface area contributed by atoms with Crippen LogP contribution in [-0.4, -0.2) is 35.3 Å². The van der Waals surface area contributed by atoms with Crippen LogP contribution in [-0.2, 0) is 17.9 Å². The van der Waals surface area contributed by atoms with Crippen molar-refractivity contribution in [2.75, 3.05) is 13.1 Å². The zero-order valence-corrected chi connectivity index (χ0v) is 15.2. The summed E-state index contributed by atoms with van der Waals surface area (Å²) in [7, 11) is 0. The first-order valence-electron chi connectivity index (χ1n) is 8.96. The number of nitrogens with zero attached hydrogens (tertiary/aromatic N) is 2. The van der Waals surface area contributed by atoms with Gasteiger partial charge >= 0.3 is 0 Å². The summed E-state index contributed by atoms with van der Waals surface area (Å²) in [6.45, 7) is 7.16. The lowest BCUT2D eigenvalue weighted by Crippen LogP contribution is -2.45. The molecule has 1 aromatic carbocycles. The van der Waals surface area contributed by atoms with E-state index in [4.69, 9.17) is 0 Å². The number of nitrogens with one attached hydrogen (secondary N) is 1. The molecule has 133 valence electrons. The number of rotatable bonds is 11. The fraction of sp³-hybridized carbons (Fsp3) is 0.429. The molecule has 0 saturated carbocycles. The van der Waals surface area contributed by atoms with Crippen LogP contribution in [0.1, 0.15) is 31.4 Å². The topological polar surface area (TPSA) is 45.2 Å². The van der Waals surface area contributed by atoms with Crippen molar-refractivity contribution < 1.29 is 4.79 Å². The molecular weight excluding hydrogens is 310 g/mol. The molecule has 0 amide bonds. The standard InChI is InChI=1S/C21H28N3O/c1-3-18(2)21(23-15-20-10-7-11-22-14-20)17-24(12-13-25)16-19-8-5-4-6-9-19/h4-11,14,18,21,23H,3,12,15-17H2,1-2H3/t18-,21+/m0/s1. The molecule has 1 aromatic heterocycles. The van der Waals surface area contributed by atoms with Crippen molar-refractivity contribution in [2.24, 2.45) is 5.92 Å². The van der Waals surface area contributed by atoms with E-state index in [1.54, 1.807) is 6.20 Å². The Morgan fingerprint density at radius 2 is 1.92 bits per heavy atom. The van der Waals surface area contributed by atoms with Crippen LogP contribution in [0.4, 0.5) is 0 Å². The fourth-order valence-corrected chi connectivity index (χ4v) is 2.88. The molecule has 0 unspecified atom stereocenters. The second kappa shape index (κ2) is 10.7. The summed E-state index contributed by atoms with van der Waals surface area (Å²) in [5.74, 6) is 0.515. The summed E-state index contributed by atoms with van der Waals surface area (Å²) in [6.07, 6.45) is 6.83. The Morgan fingerprint density at radius 1 is 1.16 bits per heavy atom. The molecule has 2 atom stereocenters. The van der Waals surface area contributed by atoms with Crippen LogP contribution < -0.4 is 5.32 Å². The Bertz CT molecular complexity index is 603. The van der Waals surface area contributed by atoms with E-state index < -0.39 is 0 Å². The molecule has 0 bridgehead atoms. The van der Waals surface area contributed by atoms with E-state index in [1.165, 1.54) is 11.1 Å². The zero-order valence-electron chi connectivity index (χ0n) is 15.2. The lowest BCUT2D eigenvalue weighted by atomic mass is 9.98. The van der Waals surface area contributed by atoms with Crippen molar-refractivity contribution >= 4 is 6.29 Å². The number of hydrogen-bond donors (Lipinski definition) is 1. The van der Waals surface area contributed by atoms with Gasteiger partial charge in [0, 0.05) is 38.1 Å². The molecular formula is C21H28N3O. The molecule has 2 aromatic rings. The molecule has 0 fully saturated rings. The van der Waals surface area contributed by atoms with Gasteiger partial charge in [-0.15, -0.1) is 0 Å². The molecule has 0 saturated heterocycles. The van der Waals surface area contributed by atoms with Crippen molar-refractivity contribution in [3.63, 3.8) is 0 Å². The quantitative estimate of drug-likeness (QED) is 0.683. The van der Waals surface area contributed by atoms with Crippen LogP contribution in [0.3, 0.4) is 0 Å². The molecule has 0 aliphatic carbocycles. The Kier molecular flexibility index (Phi) is 8.29. The van der Waals surface area contributed by atoms with Crippen molar-refractivity contribution in [2.45, 2.75) is 39.4 Å². The summed E-state index contributed by atoms with van der Waals surface area (Å²) < 4.78 is 0. The molecule has 1 heterocycles. The number of carbonyl (C=O) groups excluding carboxylic acids is 1. The second-order valence-corrected chi connectivity index (χ2v) is 6.53. The van der Waals surface area contributed by atoms with E-state index in [1.807, 2.05) is 30.5 Å². The van der Waals surface area contributed by atoms with Crippen LogP contribution in [0.25, 0.3) is 0 Å². The van der Waals surface area contributed by atoms with Crippen molar-refractivity contribution in [1.82, 2.24) is 15.2 Å². The molecule has 1 N–H and O–H groups in total. The summed E-state index contributed by atoms with van der Waals surface area (Å²) >= 11 is 0. The van der Waals surface area contributed by atoms with Gasteiger partial charge in [0.05, 0.1) is 6.54 Å². The van der Waals surface area contributed by atoms with E-state index >= 15 is 0 Å². The van der Waals surface area contributed by atoms with Crippen molar-refractivity contribution in [3.05, 3.63) is 66.0 Å². The summed E-state index contributed by atoms with van der Waals surface area (Å²) in [6, 6.07) is 14.6. The first-order chi connectivity index (χ1) is 12.2. The van der Waals surface area contributed by atoms with Crippen molar-refractivity contribution in [1.29, 1.82) is 0 Å². The highest BCUT2D eigenvalue weighted by molar-refractivity contribution is 5.53. The average molecular weight is 338 g/mol. The van der Waals surface area contributed by atoms with E-state index in [9.17, 15) is 4.79 Å². The fourth-order valence-electron chi connectivity index (χ4n) is 2.88. The molecule has 1 radical (unpaired) electrons. The maximum Gasteiger partial charge on any atom is 0.213 e. The van der Waals surface area contributed by atoms with E-state index in [0.29, 0.717) is 18.5 Å². The lowest BCUT2D eigenvalue weighted by molar-refractivity contribution is 0.222. The first kappa shape index (κ1) is 19.3. The van der Waals surface area contributed by atoms with Gasteiger partial charge in [0.25, 0.3) is 0 Å². The van der Waals surface area contributed by atoms with Gasteiger partial charge in [0.15, 0.2) is 0 Å². The number of pyridine rings is 1. The van der Waals surface area contributed by atoms with Gasteiger partial charge in [-0.1, -0.05) is 56.7 Å². The van der Waals surface area contributed by atoms with E-state index in [2.05, 4.69) is 53.5 Å². The molecule has 0 spiro atoms. The third-order valence-corrected chi connectivity index (χ3v) is 4.61. The molecule has 4 heteroatoms. The monoisotopic (exact) mass is 338 g/mol. The van der Waals surface area contributed by atoms with Crippen LogP contribution >= 0.6 is 0 Å². The Morgan fingerprint density at radius 3 is 2.56 bits per heavy atom. The first-order valence-corrected chi connectivity index (χ1v) is 8.96. The van der Waals surface area contributed by atoms with Gasteiger partial charge < -0.3 is 5.32 Å². The summed E-state index contributed by atoms with van der Waals surface area (Å²) in [5.41, 5.74) is 2.39. The molecule has 25 heavy (non-hydrogen) atoms. The number of hydrogen-bond acceptors (Lipinski definition) is 4. The van der Waals surface area contributed by atoms with Gasteiger partial charge in [-0.25, -0.2) is 0 Å². The largest absolute Gasteiger partial charge is 0.308 e. The smallest absolute Gasteiger partial charge is 0.213 e. The highest BCUT2D eigenvalue weighted by Crippen LogP contribution is 2.13. The number of benzene rings is 1. The lowest BCUT2D eigenvalue weighted by Gasteiger charge is -2.30. The van der Waals surface area contributed by atoms with Gasteiger partial charge in [-0.3, -0.25) is 14.7 Å². The summed E-state index contributed by atoms with van der Waals surface area (Å²) in [4.78, 5) is 17.3. The third kappa shape index (κ3) is 6.77. The predicted octanol–water partition coefficient (Wildman–Crippen LogP) is 3.20. The minimum atomic E-state index is 0.308. The van der Waals surface area contributed by atoms with Gasteiger partial charge in [0.1, 0.15) is 0 Å². The summed E-state index contributed by atoms with van der Waals surface area (Å²) in [5, 5.41) is 3.65. The molecule has 0 aliphatic rings. The zero-order chi connectivity index (χ0) is 17.9. The Labute approximate surface area is 151 Å². The Balaban J connectivity index is 2.00. The van der Waals surface area contributed by atoms with E-state index in [-0.39, 0.29) is 0 Å². The van der Waals surface area contributed by atoms with Gasteiger partial charge in [0.2, 0.25) is 6.29 Å². The number of aromatic nitrogens is 1. The van der Waals surface area contributed by atoms with Crippen molar-refractivity contribution in [3.8, 4) is 0 Å². The minimum absolute atomic E-state index is 0.308. The highest BCUT2D eigenvalue weighted by Gasteiger charge is 2.19. The maximum atomic E-state index is 11.0. The van der Waals surface area contributed by atoms with Gasteiger partial charge in [-0.05, 0) is 23.1 Å². The Hall–Kier alpha value is -2.04. The van der Waals surface area contributed by atoms with Crippen LogP contribution in [0.2, 0.25) is 0 Å². The minimum Gasteiger partial charge on any atom is -0.308 e. The van der Waals surface area contributed by atoms with Crippen LogP contribution in [0, 0.1) is 5.92 Å². The van der Waals surface area contributed by atoms with Crippen LogP contribution in [0.5, 0.6) is 0 Å². The molecule has 4 nitrogen and oxygen atoms in total. The second-order valence-electron chi connectivity index (χ2n) is 6.53. The molecule has 2 rings (SSSR count). The maximum absolute atomic E-state index is 11.0. The van der Waals surface area contributed by atoms with Gasteiger partial charge in [-0.2, -0.15) is 0 Å². The molecule has 0 aliphatic heterocycles. The average Bonchev–Trinajstić information content (AvgIpc) is 2.66. The normalized spacial score (nSPS) is 13.6. The van der Waals surface area contributed by atoms with E-state index in [0.717, 1.165) is 26.1 Å². The highest BCUT2D eigenvalue weighted by atomic mass is 16.1. The SMILES string of the molecule is CC[C@H](C)[C@@H](CN(C[C]=O)Cc1ccccc1)NCc1cccnc1. The van der Waals surface area contributed by atoms with Crippen LogP contribution in [0.15, 0.2) is 54.9 Å². The predicted molar refractivity (Wildman–Crippen MR) is 102 cm³/mol.